The van der Waals surface area contributed by atoms with Crippen LogP contribution in [0.3, 0.4) is 0 Å². The lowest BCUT2D eigenvalue weighted by molar-refractivity contribution is -0.139. The number of alkyl halides is 1. The molecule has 2 atom stereocenters. The summed E-state index contributed by atoms with van der Waals surface area (Å²) in [5, 5.41) is 0. The molecule has 2 aliphatic rings. The molecule has 0 radical (unpaired) electrons. The van der Waals surface area contributed by atoms with Crippen molar-refractivity contribution in [2.75, 3.05) is 19.0 Å². The molecule has 92 valence electrons. The van der Waals surface area contributed by atoms with Gasteiger partial charge in [0.25, 0.3) is 0 Å². The molecule has 0 aromatic heterocycles. The van der Waals surface area contributed by atoms with Crippen molar-refractivity contribution >= 4 is 17.5 Å². The molecule has 1 heterocycles. The molecule has 4 heteroatoms. The fourth-order valence-corrected chi connectivity index (χ4v) is 2.67. The Morgan fingerprint density at radius 3 is 2.69 bits per heavy atom. The van der Waals surface area contributed by atoms with Gasteiger partial charge in [-0.05, 0) is 32.6 Å². The van der Waals surface area contributed by atoms with Crippen molar-refractivity contribution in [2.24, 2.45) is 5.92 Å². The Hall–Kier alpha value is -0.280. The van der Waals surface area contributed by atoms with Crippen molar-refractivity contribution < 1.29 is 9.53 Å². The summed E-state index contributed by atoms with van der Waals surface area (Å²) >= 11 is 5.78. The van der Waals surface area contributed by atoms with E-state index in [1.54, 1.807) is 0 Å². The SMILES string of the molecule is CC1CC(C(=O)N(CCCl)C2CCC2)CO1. The molecule has 3 nitrogen and oxygen atoms in total. The van der Waals surface area contributed by atoms with Crippen molar-refractivity contribution in [3.8, 4) is 0 Å². The van der Waals surface area contributed by atoms with Crippen LogP contribution in [0.25, 0.3) is 0 Å². The van der Waals surface area contributed by atoms with Gasteiger partial charge in [0, 0.05) is 18.5 Å². The van der Waals surface area contributed by atoms with Gasteiger partial charge in [-0.15, -0.1) is 11.6 Å². The van der Waals surface area contributed by atoms with Gasteiger partial charge in [-0.1, -0.05) is 0 Å². The summed E-state index contributed by atoms with van der Waals surface area (Å²) in [5.41, 5.74) is 0. The number of carbonyl (C=O) groups excluding carboxylic acids is 1. The minimum Gasteiger partial charge on any atom is -0.378 e. The number of nitrogens with zero attached hydrogens (tertiary/aromatic N) is 1. The molecule has 1 saturated carbocycles. The first-order valence-electron chi connectivity index (χ1n) is 6.20. The first-order chi connectivity index (χ1) is 7.72. The zero-order chi connectivity index (χ0) is 11.5. The smallest absolute Gasteiger partial charge is 0.228 e. The van der Waals surface area contributed by atoms with E-state index in [-0.39, 0.29) is 17.9 Å². The molecule has 1 saturated heterocycles. The summed E-state index contributed by atoms with van der Waals surface area (Å²) in [6.07, 6.45) is 4.63. The summed E-state index contributed by atoms with van der Waals surface area (Å²) in [7, 11) is 0. The Balaban J connectivity index is 1.93. The average Bonchev–Trinajstić information content (AvgIpc) is 2.60. The monoisotopic (exact) mass is 245 g/mol. The Bertz CT molecular complexity index is 255. The number of rotatable bonds is 4. The van der Waals surface area contributed by atoms with Gasteiger partial charge in [0.2, 0.25) is 5.91 Å². The molecule has 1 amide bonds. The number of halogens is 1. The van der Waals surface area contributed by atoms with Gasteiger partial charge in [-0.2, -0.15) is 0 Å². The van der Waals surface area contributed by atoms with E-state index in [1.165, 1.54) is 6.42 Å². The highest BCUT2D eigenvalue weighted by Crippen LogP contribution is 2.29. The van der Waals surface area contributed by atoms with Crippen LogP contribution >= 0.6 is 11.6 Å². The van der Waals surface area contributed by atoms with Crippen LogP contribution in [0.2, 0.25) is 0 Å². The average molecular weight is 246 g/mol. The highest BCUT2D eigenvalue weighted by molar-refractivity contribution is 6.18. The van der Waals surface area contributed by atoms with Crippen molar-refractivity contribution in [1.82, 2.24) is 4.90 Å². The number of ether oxygens (including phenoxy) is 1. The summed E-state index contributed by atoms with van der Waals surface area (Å²) in [6, 6.07) is 0.446. The van der Waals surface area contributed by atoms with E-state index in [0.717, 1.165) is 19.3 Å². The Labute approximate surface area is 102 Å². The van der Waals surface area contributed by atoms with E-state index < -0.39 is 0 Å². The lowest BCUT2D eigenvalue weighted by Crippen LogP contribution is -2.47. The van der Waals surface area contributed by atoms with Gasteiger partial charge in [0.1, 0.15) is 0 Å². The van der Waals surface area contributed by atoms with Crippen LogP contribution < -0.4 is 0 Å². The minimum atomic E-state index is 0.0683. The molecule has 0 aromatic rings. The van der Waals surface area contributed by atoms with E-state index >= 15 is 0 Å². The maximum Gasteiger partial charge on any atom is 0.228 e. The highest BCUT2D eigenvalue weighted by Gasteiger charge is 2.35. The molecule has 1 aliphatic heterocycles. The zero-order valence-electron chi connectivity index (χ0n) is 9.82. The second kappa shape index (κ2) is 5.37. The maximum atomic E-state index is 12.3. The third kappa shape index (κ3) is 2.51. The van der Waals surface area contributed by atoms with Crippen LogP contribution in [0.15, 0.2) is 0 Å². The van der Waals surface area contributed by atoms with Gasteiger partial charge in [-0.3, -0.25) is 4.79 Å². The molecule has 0 bridgehead atoms. The van der Waals surface area contributed by atoms with E-state index in [0.29, 0.717) is 25.1 Å². The van der Waals surface area contributed by atoms with Crippen LogP contribution in [-0.4, -0.2) is 42.0 Å². The van der Waals surface area contributed by atoms with Crippen LogP contribution in [0.1, 0.15) is 32.6 Å². The fourth-order valence-electron chi connectivity index (χ4n) is 2.49. The molecular formula is C12H20ClNO2. The van der Waals surface area contributed by atoms with Gasteiger partial charge in [0.15, 0.2) is 0 Å². The number of hydrogen-bond acceptors (Lipinski definition) is 2. The third-order valence-corrected chi connectivity index (χ3v) is 3.84. The lowest BCUT2D eigenvalue weighted by Gasteiger charge is -2.38. The largest absolute Gasteiger partial charge is 0.378 e. The molecule has 0 N–H and O–H groups in total. The lowest BCUT2D eigenvalue weighted by atomic mass is 9.90. The quantitative estimate of drug-likeness (QED) is 0.710. The number of carbonyl (C=O) groups is 1. The standard InChI is InChI=1S/C12H20ClNO2/c1-9-7-10(8-16-9)12(15)14(6-5-13)11-3-2-4-11/h9-11H,2-8H2,1H3. The Morgan fingerprint density at radius 2 is 2.25 bits per heavy atom. The fraction of sp³-hybridized carbons (Fsp3) is 0.917. The van der Waals surface area contributed by atoms with Crippen molar-refractivity contribution in [3.05, 3.63) is 0 Å². The van der Waals surface area contributed by atoms with Gasteiger partial charge >= 0.3 is 0 Å². The number of hydrogen-bond donors (Lipinski definition) is 0. The van der Waals surface area contributed by atoms with Crippen molar-refractivity contribution in [2.45, 2.75) is 44.8 Å². The number of amides is 1. The Morgan fingerprint density at radius 1 is 1.50 bits per heavy atom. The van der Waals surface area contributed by atoms with E-state index in [9.17, 15) is 4.79 Å². The van der Waals surface area contributed by atoms with E-state index in [2.05, 4.69) is 0 Å². The molecule has 0 spiro atoms. The zero-order valence-corrected chi connectivity index (χ0v) is 10.6. The van der Waals surface area contributed by atoms with Gasteiger partial charge < -0.3 is 9.64 Å². The Kier molecular flexibility index (Phi) is 4.09. The summed E-state index contributed by atoms with van der Waals surface area (Å²) in [6.45, 7) is 3.31. The highest BCUT2D eigenvalue weighted by atomic mass is 35.5. The van der Waals surface area contributed by atoms with Crippen molar-refractivity contribution in [1.29, 1.82) is 0 Å². The van der Waals surface area contributed by atoms with E-state index in [4.69, 9.17) is 16.3 Å². The van der Waals surface area contributed by atoms with Crippen LogP contribution in [0.4, 0.5) is 0 Å². The second-order valence-corrected chi connectivity index (χ2v) is 5.26. The minimum absolute atomic E-state index is 0.0683. The molecule has 0 aromatic carbocycles. The molecule has 16 heavy (non-hydrogen) atoms. The normalized spacial score (nSPS) is 30.1. The third-order valence-electron chi connectivity index (χ3n) is 3.67. The molecule has 2 fully saturated rings. The molecule has 2 unspecified atom stereocenters. The van der Waals surface area contributed by atoms with Gasteiger partial charge in [-0.25, -0.2) is 0 Å². The van der Waals surface area contributed by atoms with E-state index in [1.807, 2.05) is 11.8 Å². The van der Waals surface area contributed by atoms with Crippen molar-refractivity contribution in [3.63, 3.8) is 0 Å². The van der Waals surface area contributed by atoms with Crippen LogP contribution in [-0.2, 0) is 9.53 Å². The molecular weight excluding hydrogens is 226 g/mol. The maximum absolute atomic E-state index is 12.3. The first kappa shape index (κ1) is 12.2. The molecule has 1 aliphatic carbocycles. The topological polar surface area (TPSA) is 29.5 Å². The molecule has 2 rings (SSSR count). The predicted molar refractivity (Wildman–Crippen MR) is 63.6 cm³/mol. The summed E-state index contributed by atoms with van der Waals surface area (Å²) in [4.78, 5) is 14.3. The first-order valence-corrected chi connectivity index (χ1v) is 6.74. The summed E-state index contributed by atoms with van der Waals surface area (Å²) in [5.74, 6) is 0.860. The second-order valence-electron chi connectivity index (χ2n) is 4.88. The van der Waals surface area contributed by atoms with Crippen LogP contribution in [0.5, 0.6) is 0 Å². The summed E-state index contributed by atoms with van der Waals surface area (Å²) < 4.78 is 5.47. The van der Waals surface area contributed by atoms with Gasteiger partial charge in [0.05, 0.1) is 18.6 Å². The van der Waals surface area contributed by atoms with Crippen LogP contribution in [0, 0.1) is 5.92 Å². The predicted octanol–water partition coefficient (Wildman–Crippen LogP) is 2.03.